The van der Waals surface area contributed by atoms with Gasteiger partial charge in [-0.1, -0.05) is 295 Å². The van der Waals surface area contributed by atoms with E-state index in [1.54, 1.807) is 0 Å². The van der Waals surface area contributed by atoms with Gasteiger partial charge in [0, 0.05) is 12.8 Å². The Balaban J connectivity index is 4.07. The van der Waals surface area contributed by atoms with Crippen molar-refractivity contribution in [1.29, 1.82) is 0 Å². The number of carbonyl (C=O) groups excluding carboxylic acids is 2. The number of aliphatic carboxylic acids is 1. The maximum absolute atomic E-state index is 12.9. The van der Waals surface area contributed by atoms with Crippen molar-refractivity contribution in [1.82, 2.24) is 0 Å². The molecular formula is C70H134NO8+. The van der Waals surface area contributed by atoms with Gasteiger partial charge in [0.15, 0.2) is 6.10 Å². The molecule has 0 saturated carbocycles. The fraction of sp³-hybridized carbons (Fsp3) is 0.900. The summed E-state index contributed by atoms with van der Waals surface area (Å²) in [6.45, 7) is 4.94. The summed E-state index contributed by atoms with van der Waals surface area (Å²) in [5.74, 6) is -1.98. The van der Waals surface area contributed by atoms with E-state index >= 15 is 0 Å². The van der Waals surface area contributed by atoms with Crippen molar-refractivity contribution in [3.05, 3.63) is 24.3 Å². The minimum atomic E-state index is -1.51. The third kappa shape index (κ3) is 63.2. The third-order valence-electron chi connectivity index (χ3n) is 15.7. The summed E-state index contributed by atoms with van der Waals surface area (Å²) in [6.07, 6.45) is 72.9. The summed E-state index contributed by atoms with van der Waals surface area (Å²) in [7, 11) is 5.99. The first-order valence-corrected chi connectivity index (χ1v) is 34.5. The number of hydrogen-bond donors (Lipinski definition) is 1. The van der Waals surface area contributed by atoms with E-state index in [-0.39, 0.29) is 38.2 Å². The number of unbranched alkanes of at least 4 members (excludes halogenated alkanes) is 46. The second-order valence-electron chi connectivity index (χ2n) is 24.8. The lowest BCUT2D eigenvalue weighted by Gasteiger charge is -2.25. The molecular weight excluding hydrogens is 983 g/mol. The number of esters is 2. The molecule has 9 heteroatoms. The summed E-state index contributed by atoms with van der Waals surface area (Å²) < 4.78 is 23.0. The smallest absolute Gasteiger partial charge is 0.361 e. The number of rotatable bonds is 65. The maximum Gasteiger partial charge on any atom is 0.361 e. The molecule has 0 aliphatic rings. The fourth-order valence-electron chi connectivity index (χ4n) is 10.4. The highest BCUT2D eigenvalue weighted by Crippen LogP contribution is 2.18. The molecule has 2 atom stereocenters. The van der Waals surface area contributed by atoms with Crippen LogP contribution in [0.25, 0.3) is 0 Å². The first kappa shape index (κ1) is 76.8. The standard InChI is InChI=1S/C70H133NO8/c1-6-8-10-12-14-16-18-20-22-24-26-28-30-31-32-33-34-35-36-37-39-41-43-45-47-49-51-53-55-57-59-61-68(73)79-66(65-78-70(69(74)75)76-63-62-71(3,4)5)64-77-67(72)60-58-56-54-52-50-48-46-44-42-40-38-29-27-25-23-21-19-17-15-13-11-9-7-2/h24-27,66,70H,6-23,28-65H2,1-5H3/p+1/b26-24-,27-25-. The van der Waals surface area contributed by atoms with Gasteiger partial charge in [0.2, 0.25) is 0 Å². The van der Waals surface area contributed by atoms with E-state index in [9.17, 15) is 19.5 Å². The van der Waals surface area contributed by atoms with Crippen LogP contribution in [-0.2, 0) is 33.3 Å². The predicted molar refractivity (Wildman–Crippen MR) is 337 cm³/mol. The van der Waals surface area contributed by atoms with E-state index in [0.717, 1.165) is 38.5 Å². The molecule has 1 N–H and O–H groups in total. The zero-order valence-electron chi connectivity index (χ0n) is 53.3. The Hall–Kier alpha value is -2.23. The molecule has 0 aromatic heterocycles. The molecule has 0 radical (unpaired) electrons. The van der Waals surface area contributed by atoms with Crippen LogP contribution in [0.2, 0.25) is 0 Å². The van der Waals surface area contributed by atoms with E-state index in [0.29, 0.717) is 17.4 Å². The lowest BCUT2D eigenvalue weighted by molar-refractivity contribution is -0.870. The normalized spacial score (nSPS) is 12.8. The number of ether oxygens (including phenoxy) is 4. The van der Waals surface area contributed by atoms with Gasteiger partial charge < -0.3 is 28.5 Å². The first-order valence-electron chi connectivity index (χ1n) is 34.5. The molecule has 0 bridgehead atoms. The van der Waals surface area contributed by atoms with Crippen molar-refractivity contribution in [3.63, 3.8) is 0 Å². The van der Waals surface area contributed by atoms with Crippen LogP contribution in [0.1, 0.15) is 348 Å². The number of carboxylic acid groups (broad SMARTS) is 1. The van der Waals surface area contributed by atoms with E-state index in [4.69, 9.17) is 18.9 Å². The monoisotopic (exact) mass is 1120 g/mol. The molecule has 0 aromatic rings. The Labute approximate surface area is 490 Å². The molecule has 466 valence electrons. The Bertz CT molecular complexity index is 1340. The van der Waals surface area contributed by atoms with Crippen LogP contribution >= 0.6 is 0 Å². The molecule has 0 heterocycles. The lowest BCUT2D eigenvalue weighted by atomic mass is 10.0. The van der Waals surface area contributed by atoms with Crippen LogP contribution in [0.3, 0.4) is 0 Å². The van der Waals surface area contributed by atoms with Gasteiger partial charge in [-0.3, -0.25) is 9.59 Å². The molecule has 0 saturated heterocycles. The van der Waals surface area contributed by atoms with Gasteiger partial charge in [-0.25, -0.2) is 4.79 Å². The van der Waals surface area contributed by atoms with E-state index in [1.165, 1.54) is 283 Å². The van der Waals surface area contributed by atoms with Crippen LogP contribution in [0.4, 0.5) is 0 Å². The molecule has 0 rings (SSSR count). The van der Waals surface area contributed by atoms with Crippen LogP contribution in [0.15, 0.2) is 24.3 Å². The predicted octanol–water partition coefficient (Wildman–Crippen LogP) is 21.0. The summed E-state index contributed by atoms with van der Waals surface area (Å²) in [4.78, 5) is 37.6. The molecule has 0 aromatic carbocycles. The highest BCUT2D eigenvalue weighted by Gasteiger charge is 2.25. The van der Waals surface area contributed by atoms with Gasteiger partial charge >= 0.3 is 17.9 Å². The number of carboxylic acids is 1. The second kappa shape index (κ2) is 61.8. The zero-order valence-corrected chi connectivity index (χ0v) is 53.3. The zero-order chi connectivity index (χ0) is 57.6. The van der Waals surface area contributed by atoms with Crippen molar-refractivity contribution in [2.24, 2.45) is 0 Å². The molecule has 0 amide bonds. The summed E-state index contributed by atoms with van der Waals surface area (Å²) in [6, 6.07) is 0. The lowest BCUT2D eigenvalue weighted by Crippen LogP contribution is -2.40. The van der Waals surface area contributed by atoms with Gasteiger partial charge in [0.1, 0.15) is 13.2 Å². The summed E-state index contributed by atoms with van der Waals surface area (Å²) in [5.41, 5.74) is 0. The van der Waals surface area contributed by atoms with Crippen molar-refractivity contribution in [2.45, 2.75) is 360 Å². The molecule has 79 heavy (non-hydrogen) atoms. The second-order valence-corrected chi connectivity index (χ2v) is 24.8. The number of quaternary nitrogens is 1. The van der Waals surface area contributed by atoms with Gasteiger partial charge in [-0.15, -0.1) is 0 Å². The van der Waals surface area contributed by atoms with Crippen LogP contribution in [0, 0.1) is 0 Å². The number of nitrogens with zero attached hydrogens (tertiary/aromatic N) is 1. The molecule has 0 aliphatic carbocycles. The van der Waals surface area contributed by atoms with Gasteiger partial charge in [-0.2, -0.15) is 0 Å². The topological polar surface area (TPSA) is 108 Å². The number of allylic oxidation sites excluding steroid dienone is 4. The van der Waals surface area contributed by atoms with Crippen LogP contribution in [-0.4, -0.2) is 87.4 Å². The van der Waals surface area contributed by atoms with Gasteiger partial charge in [0.05, 0.1) is 34.4 Å². The fourth-order valence-corrected chi connectivity index (χ4v) is 10.4. The van der Waals surface area contributed by atoms with Gasteiger partial charge in [0.25, 0.3) is 6.29 Å². The Kier molecular flexibility index (Phi) is 60.1. The molecule has 2 unspecified atom stereocenters. The van der Waals surface area contributed by atoms with Gasteiger partial charge in [-0.05, 0) is 64.2 Å². The van der Waals surface area contributed by atoms with Crippen LogP contribution in [0.5, 0.6) is 0 Å². The average Bonchev–Trinajstić information content (AvgIpc) is 3.42. The quantitative estimate of drug-likeness (QED) is 0.0211. The Morgan fingerprint density at radius 3 is 0.937 bits per heavy atom. The largest absolute Gasteiger partial charge is 0.477 e. The minimum Gasteiger partial charge on any atom is -0.477 e. The highest BCUT2D eigenvalue weighted by molar-refractivity contribution is 5.71. The average molecular weight is 1120 g/mol. The van der Waals surface area contributed by atoms with Crippen LogP contribution < -0.4 is 0 Å². The molecule has 0 aliphatic heterocycles. The number of hydrogen-bond acceptors (Lipinski definition) is 7. The summed E-state index contributed by atoms with van der Waals surface area (Å²) in [5, 5.41) is 9.74. The van der Waals surface area contributed by atoms with E-state index in [2.05, 4.69) is 38.2 Å². The third-order valence-corrected chi connectivity index (χ3v) is 15.7. The van der Waals surface area contributed by atoms with E-state index < -0.39 is 18.4 Å². The van der Waals surface area contributed by atoms with Crippen molar-refractivity contribution in [2.75, 3.05) is 47.5 Å². The first-order chi connectivity index (χ1) is 38.6. The van der Waals surface area contributed by atoms with Crippen molar-refractivity contribution in [3.8, 4) is 0 Å². The summed E-state index contributed by atoms with van der Waals surface area (Å²) >= 11 is 0. The molecule has 9 nitrogen and oxygen atoms in total. The van der Waals surface area contributed by atoms with E-state index in [1.807, 2.05) is 21.1 Å². The minimum absolute atomic E-state index is 0.177. The Morgan fingerprint density at radius 1 is 0.367 bits per heavy atom. The number of carbonyl (C=O) groups is 3. The highest BCUT2D eigenvalue weighted by atomic mass is 16.7. The molecule has 0 fully saturated rings. The SMILES string of the molecule is CCCCCCCCCC/C=C\CCCCCCCCCCCCCCCCCCCCCC(=O)OC(COC(=O)CCCCCCCCCCCCC/C=C\CCCCCCCCCC)COC(OCC[N+](C)(C)C)C(=O)O. The Morgan fingerprint density at radius 2 is 0.646 bits per heavy atom. The van der Waals surface area contributed by atoms with Crippen molar-refractivity contribution < 1.29 is 42.9 Å². The molecule has 0 spiro atoms. The number of likely N-dealkylation sites (N-methyl/N-ethyl adjacent to an activating group) is 1. The van der Waals surface area contributed by atoms with Crippen molar-refractivity contribution >= 4 is 17.9 Å². The maximum atomic E-state index is 12.9.